The lowest BCUT2D eigenvalue weighted by atomic mass is 10.1. The van der Waals surface area contributed by atoms with E-state index in [1.54, 1.807) is 44.8 Å². The molecule has 0 radical (unpaired) electrons. The summed E-state index contributed by atoms with van der Waals surface area (Å²) in [5.41, 5.74) is 3.36. The first-order valence-corrected chi connectivity index (χ1v) is 9.33. The summed E-state index contributed by atoms with van der Waals surface area (Å²) in [7, 11) is 3.11. The van der Waals surface area contributed by atoms with E-state index in [1.165, 1.54) is 5.56 Å². The molecule has 29 heavy (non-hydrogen) atoms. The summed E-state index contributed by atoms with van der Waals surface area (Å²) in [6, 6.07) is 13.7. The van der Waals surface area contributed by atoms with Crippen molar-refractivity contribution in [2.24, 2.45) is 0 Å². The van der Waals surface area contributed by atoms with Crippen molar-refractivity contribution in [3.63, 3.8) is 0 Å². The van der Waals surface area contributed by atoms with Crippen molar-refractivity contribution in [1.29, 1.82) is 0 Å². The van der Waals surface area contributed by atoms with Crippen LogP contribution in [0.3, 0.4) is 0 Å². The van der Waals surface area contributed by atoms with Crippen LogP contribution in [0.25, 0.3) is 0 Å². The second kappa shape index (κ2) is 7.79. The SMILES string of the molecule is COc1ccc(NC(=O)c2cnc(N3c4ccccc4CC3C)nc2)cc1OC. The third-order valence-corrected chi connectivity index (χ3v) is 4.96. The molecule has 1 aromatic heterocycles. The Hall–Kier alpha value is -3.61. The molecule has 7 heteroatoms. The van der Waals surface area contributed by atoms with Gasteiger partial charge in [0.05, 0.1) is 19.8 Å². The normalized spacial score (nSPS) is 15.0. The Morgan fingerprint density at radius 2 is 1.79 bits per heavy atom. The summed E-state index contributed by atoms with van der Waals surface area (Å²) in [6.45, 7) is 2.14. The van der Waals surface area contributed by atoms with E-state index in [-0.39, 0.29) is 11.9 Å². The van der Waals surface area contributed by atoms with Gasteiger partial charge >= 0.3 is 0 Å². The molecule has 1 aliphatic heterocycles. The van der Waals surface area contributed by atoms with Crippen LogP contribution in [0.2, 0.25) is 0 Å². The van der Waals surface area contributed by atoms with Gasteiger partial charge in [-0.1, -0.05) is 18.2 Å². The maximum absolute atomic E-state index is 12.6. The topological polar surface area (TPSA) is 76.6 Å². The summed E-state index contributed by atoms with van der Waals surface area (Å²) < 4.78 is 10.5. The third kappa shape index (κ3) is 3.59. The van der Waals surface area contributed by atoms with Crippen molar-refractivity contribution in [1.82, 2.24) is 9.97 Å². The number of methoxy groups -OCH3 is 2. The van der Waals surface area contributed by atoms with E-state index in [0.717, 1.165) is 12.1 Å². The molecule has 1 aliphatic rings. The quantitative estimate of drug-likeness (QED) is 0.714. The van der Waals surface area contributed by atoms with Crippen LogP contribution < -0.4 is 19.7 Å². The number of fused-ring (bicyclic) bond motifs is 1. The number of hydrogen-bond acceptors (Lipinski definition) is 6. The van der Waals surface area contributed by atoms with Gasteiger partial charge in [-0.3, -0.25) is 4.79 Å². The number of para-hydroxylation sites is 1. The molecule has 0 saturated heterocycles. The third-order valence-electron chi connectivity index (χ3n) is 4.96. The molecule has 7 nitrogen and oxygen atoms in total. The number of hydrogen-bond donors (Lipinski definition) is 1. The van der Waals surface area contributed by atoms with Crippen molar-refractivity contribution >= 4 is 23.2 Å². The highest BCUT2D eigenvalue weighted by atomic mass is 16.5. The number of anilines is 3. The van der Waals surface area contributed by atoms with Crippen LogP contribution in [0.5, 0.6) is 11.5 Å². The zero-order chi connectivity index (χ0) is 20.4. The average molecular weight is 390 g/mol. The maximum atomic E-state index is 12.6. The zero-order valence-corrected chi connectivity index (χ0v) is 16.5. The van der Waals surface area contributed by atoms with E-state index in [4.69, 9.17) is 9.47 Å². The molecule has 148 valence electrons. The Kier molecular flexibility index (Phi) is 5.03. The molecule has 0 bridgehead atoms. The number of rotatable bonds is 5. The Morgan fingerprint density at radius 3 is 2.52 bits per heavy atom. The number of nitrogens with zero attached hydrogens (tertiary/aromatic N) is 3. The Bertz CT molecular complexity index is 1040. The minimum atomic E-state index is -0.293. The number of aromatic nitrogens is 2. The number of carbonyl (C=O) groups is 1. The van der Waals surface area contributed by atoms with Gasteiger partial charge in [-0.05, 0) is 37.1 Å². The second-order valence-electron chi connectivity index (χ2n) is 6.85. The standard InChI is InChI=1S/C22H22N4O3/c1-14-10-15-6-4-5-7-18(15)26(14)22-23-12-16(13-24-22)21(27)25-17-8-9-19(28-2)20(11-17)29-3/h4-9,11-14H,10H2,1-3H3,(H,25,27). The van der Waals surface area contributed by atoms with Crippen molar-refractivity contribution < 1.29 is 14.3 Å². The highest BCUT2D eigenvalue weighted by Gasteiger charge is 2.28. The first-order valence-electron chi connectivity index (χ1n) is 9.33. The van der Waals surface area contributed by atoms with Crippen LogP contribution in [0.4, 0.5) is 17.3 Å². The molecular formula is C22H22N4O3. The predicted molar refractivity (Wildman–Crippen MR) is 111 cm³/mol. The number of benzene rings is 2. The minimum absolute atomic E-state index is 0.263. The minimum Gasteiger partial charge on any atom is -0.493 e. The van der Waals surface area contributed by atoms with E-state index < -0.39 is 0 Å². The van der Waals surface area contributed by atoms with E-state index >= 15 is 0 Å². The Morgan fingerprint density at radius 1 is 1.07 bits per heavy atom. The van der Waals surface area contributed by atoms with Crippen molar-refractivity contribution in [3.8, 4) is 11.5 Å². The molecule has 0 fully saturated rings. The molecule has 0 aliphatic carbocycles. The number of ether oxygens (including phenoxy) is 2. The van der Waals surface area contributed by atoms with Gasteiger partial charge in [-0.25, -0.2) is 9.97 Å². The molecule has 2 aromatic carbocycles. The van der Waals surface area contributed by atoms with E-state index in [1.807, 2.05) is 12.1 Å². The molecule has 4 rings (SSSR count). The van der Waals surface area contributed by atoms with Crippen molar-refractivity contribution in [2.75, 3.05) is 24.4 Å². The number of nitrogens with one attached hydrogen (secondary N) is 1. The van der Waals surface area contributed by atoms with Crippen molar-refractivity contribution in [2.45, 2.75) is 19.4 Å². The van der Waals surface area contributed by atoms with Gasteiger partial charge in [0, 0.05) is 35.9 Å². The zero-order valence-electron chi connectivity index (χ0n) is 16.5. The van der Waals surface area contributed by atoms with Gasteiger partial charge in [0.15, 0.2) is 11.5 Å². The van der Waals surface area contributed by atoms with Crippen LogP contribution in [0, 0.1) is 0 Å². The average Bonchev–Trinajstić information content (AvgIpc) is 3.09. The molecule has 1 N–H and O–H groups in total. The summed E-state index contributed by atoms with van der Waals surface area (Å²) in [5, 5.41) is 2.83. The highest BCUT2D eigenvalue weighted by Crippen LogP contribution is 2.36. The van der Waals surface area contributed by atoms with E-state index in [2.05, 4.69) is 39.2 Å². The maximum Gasteiger partial charge on any atom is 0.258 e. The fourth-order valence-corrected chi connectivity index (χ4v) is 3.55. The summed E-state index contributed by atoms with van der Waals surface area (Å²) >= 11 is 0. The van der Waals surface area contributed by atoms with Gasteiger partial charge in [-0.2, -0.15) is 0 Å². The first-order chi connectivity index (χ1) is 14.1. The van der Waals surface area contributed by atoms with Gasteiger partial charge in [-0.15, -0.1) is 0 Å². The molecule has 2 heterocycles. The van der Waals surface area contributed by atoms with Crippen LogP contribution >= 0.6 is 0 Å². The van der Waals surface area contributed by atoms with Gasteiger partial charge in [0.25, 0.3) is 5.91 Å². The van der Waals surface area contributed by atoms with Crippen molar-refractivity contribution in [3.05, 3.63) is 66.0 Å². The molecule has 3 aromatic rings. The molecule has 0 saturated carbocycles. The lowest BCUT2D eigenvalue weighted by Gasteiger charge is -2.22. The van der Waals surface area contributed by atoms with Crippen LogP contribution in [-0.2, 0) is 6.42 Å². The monoisotopic (exact) mass is 390 g/mol. The van der Waals surface area contributed by atoms with Crippen LogP contribution in [0.1, 0.15) is 22.8 Å². The fraction of sp³-hybridized carbons (Fsp3) is 0.227. The van der Waals surface area contributed by atoms with E-state index in [0.29, 0.717) is 28.7 Å². The smallest absolute Gasteiger partial charge is 0.258 e. The van der Waals surface area contributed by atoms with Gasteiger partial charge in [0.2, 0.25) is 5.95 Å². The van der Waals surface area contributed by atoms with Crippen LogP contribution in [-0.4, -0.2) is 36.1 Å². The van der Waals surface area contributed by atoms with Crippen LogP contribution in [0.15, 0.2) is 54.9 Å². The molecule has 1 unspecified atom stereocenters. The predicted octanol–water partition coefficient (Wildman–Crippen LogP) is 3.83. The number of amides is 1. The highest BCUT2D eigenvalue weighted by molar-refractivity contribution is 6.04. The summed E-state index contributed by atoms with van der Waals surface area (Å²) in [6.07, 6.45) is 4.04. The van der Waals surface area contributed by atoms with E-state index in [9.17, 15) is 4.79 Å². The first kappa shape index (κ1) is 18.7. The summed E-state index contributed by atoms with van der Waals surface area (Å²) in [5.74, 6) is 1.43. The van der Waals surface area contributed by atoms with Gasteiger partial charge < -0.3 is 19.7 Å². The Labute approximate surface area is 169 Å². The van der Waals surface area contributed by atoms with Gasteiger partial charge in [0.1, 0.15) is 0 Å². The second-order valence-corrected chi connectivity index (χ2v) is 6.85. The molecule has 0 spiro atoms. The molecular weight excluding hydrogens is 368 g/mol. The summed E-state index contributed by atoms with van der Waals surface area (Å²) in [4.78, 5) is 23.6. The fourth-order valence-electron chi connectivity index (χ4n) is 3.55. The lowest BCUT2D eigenvalue weighted by Crippen LogP contribution is -2.26. The number of carbonyl (C=O) groups excluding carboxylic acids is 1. The Balaban J connectivity index is 1.52. The molecule has 1 amide bonds. The molecule has 1 atom stereocenters. The largest absolute Gasteiger partial charge is 0.493 e. The lowest BCUT2D eigenvalue weighted by molar-refractivity contribution is 0.102.